The van der Waals surface area contributed by atoms with Gasteiger partial charge in [-0.1, -0.05) is 0 Å². The van der Waals surface area contributed by atoms with Crippen LogP contribution in [0.1, 0.15) is 0 Å². The first-order valence-corrected chi connectivity index (χ1v) is 7.94. The normalized spacial score (nSPS) is 11.1. The van der Waals surface area contributed by atoms with Crippen molar-refractivity contribution in [1.29, 1.82) is 0 Å². The molecule has 9 heteroatoms. The first-order chi connectivity index (χ1) is 11.1. The summed E-state index contributed by atoms with van der Waals surface area (Å²) in [6, 6.07) is 1.27. The summed E-state index contributed by atoms with van der Waals surface area (Å²) in [4.78, 5) is -0.271. The molecule has 5 nitrogen and oxygen atoms in total. The first kappa shape index (κ1) is 20.2. The van der Waals surface area contributed by atoms with Crippen molar-refractivity contribution in [2.75, 3.05) is 52.7 Å². The van der Waals surface area contributed by atoms with E-state index in [9.17, 15) is 13.2 Å². The molecule has 0 bridgehead atoms. The van der Waals surface area contributed by atoms with Gasteiger partial charge in [-0.2, -0.15) is 0 Å². The molecule has 0 aliphatic carbocycles. The molecule has 0 radical (unpaired) electrons. The van der Waals surface area contributed by atoms with Gasteiger partial charge in [0.15, 0.2) is 0 Å². The Morgan fingerprint density at radius 2 is 1.39 bits per heavy atom. The summed E-state index contributed by atoms with van der Waals surface area (Å²) in [5, 5.41) is 0. The average molecular weight is 354 g/mol. The van der Waals surface area contributed by atoms with Gasteiger partial charge < -0.3 is 19.9 Å². The second-order valence-electron chi connectivity index (χ2n) is 4.32. The van der Waals surface area contributed by atoms with Crippen molar-refractivity contribution >= 4 is 11.9 Å². The number of nitrogens with two attached hydrogens (primary N) is 1. The molecule has 1 rings (SSSR count). The number of hydrogen-bond acceptors (Lipinski definition) is 6. The lowest BCUT2D eigenvalue weighted by atomic mass is 10.3. The van der Waals surface area contributed by atoms with Gasteiger partial charge in [0, 0.05) is 25.2 Å². The van der Waals surface area contributed by atoms with Gasteiger partial charge in [0.05, 0.1) is 44.5 Å². The predicted octanol–water partition coefficient (Wildman–Crippen LogP) is 1.71. The van der Waals surface area contributed by atoms with E-state index in [1.807, 2.05) is 0 Å². The third kappa shape index (κ3) is 9.14. The molecular formula is C14H21F3N2O3S. The highest BCUT2D eigenvalue weighted by Gasteiger charge is 2.11. The van der Waals surface area contributed by atoms with Crippen LogP contribution in [-0.4, -0.2) is 52.7 Å². The van der Waals surface area contributed by atoms with Crippen molar-refractivity contribution in [3.63, 3.8) is 0 Å². The van der Waals surface area contributed by atoms with Crippen LogP contribution in [0.4, 0.5) is 13.2 Å². The van der Waals surface area contributed by atoms with Gasteiger partial charge in [-0.15, -0.1) is 0 Å². The highest BCUT2D eigenvalue weighted by Crippen LogP contribution is 2.23. The smallest absolute Gasteiger partial charge is 0.143 e. The average Bonchev–Trinajstić information content (AvgIpc) is 2.50. The molecule has 0 saturated carbocycles. The van der Waals surface area contributed by atoms with E-state index < -0.39 is 17.5 Å². The summed E-state index contributed by atoms with van der Waals surface area (Å²) in [5.41, 5.74) is 5.26. The number of hydrogen-bond donors (Lipinski definition) is 2. The Balaban J connectivity index is 1.98. The van der Waals surface area contributed by atoms with Crippen molar-refractivity contribution in [2.45, 2.75) is 4.90 Å². The van der Waals surface area contributed by atoms with Gasteiger partial charge in [-0.3, -0.25) is 4.72 Å². The number of benzene rings is 1. The predicted molar refractivity (Wildman–Crippen MR) is 81.7 cm³/mol. The lowest BCUT2D eigenvalue weighted by Gasteiger charge is -2.08. The number of rotatable bonds is 13. The van der Waals surface area contributed by atoms with Crippen LogP contribution in [-0.2, 0) is 14.2 Å². The summed E-state index contributed by atoms with van der Waals surface area (Å²) in [5.74, 6) is -2.82. The molecule has 0 aliphatic heterocycles. The van der Waals surface area contributed by atoms with Crippen LogP contribution in [0, 0.1) is 17.5 Å². The van der Waals surface area contributed by atoms with Crippen LogP contribution >= 0.6 is 11.9 Å². The minimum absolute atomic E-state index is 0.271. The van der Waals surface area contributed by atoms with Gasteiger partial charge in [0.1, 0.15) is 17.5 Å². The van der Waals surface area contributed by atoms with Gasteiger partial charge in [-0.05, 0) is 11.9 Å². The van der Waals surface area contributed by atoms with Gasteiger partial charge >= 0.3 is 0 Å². The number of nitrogens with one attached hydrogen (secondary N) is 1. The maximum atomic E-state index is 13.3. The summed E-state index contributed by atoms with van der Waals surface area (Å²) >= 11 is 0.757. The molecule has 1 aromatic rings. The van der Waals surface area contributed by atoms with Crippen LogP contribution in [0.3, 0.4) is 0 Å². The SMILES string of the molecule is NCCOCCOCCOCCNSc1c(F)cc(F)cc1F. The molecule has 0 saturated heterocycles. The third-order valence-electron chi connectivity index (χ3n) is 2.49. The fourth-order valence-electron chi connectivity index (χ4n) is 1.49. The number of halogens is 3. The van der Waals surface area contributed by atoms with E-state index in [1.54, 1.807) is 0 Å². The quantitative estimate of drug-likeness (QED) is 0.415. The molecule has 0 aromatic heterocycles. The Hall–Kier alpha value is -0.840. The fraction of sp³-hybridized carbons (Fsp3) is 0.571. The van der Waals surface area contributed by atoms with Crippen molar-refractivity contribution < 1.29 is 27.4 Å². The molecule has 0 aliphatic rings. The Bertz CT molecular complexity index is 432. The molecular weight excluding hydrogens is 333 g/mol. The van der Waals surface area contributed by atoms with Gasteiger partial charge in [-0.25, -0.2) is 13.2 Å². The summed E-state index contributed by atoms with van der Waals surface area (Å²) < 4.78 is 57.8. The van der Waals surface area contributed by atoms with Crippen molar-refractivity contribution in [1.82, 2.24) is 4.72 Å². The molecule has 0 spiro atoms. The summed E-state index contributed by atoms with van der Waals surface area (Å²) in [7, 11) is 0. The highest BCUT2D eigenvalue weighted by molar-refractivity contribution is 7.97. The van der Waals surface area contributed by atoms with Crippen molar-refractivity contribution in [2.24, 2.45) is 5.73 Å². The van der Waals surface area contributed by atoms with E-state index in [4.69, 9.17) is 19.9 Å². The first-order valence-electron chi connectivity index (χ1n) is 7.12. The molecule has 1 aromatic carbocycles. The second-order valence-corrected chi connectivity index (χ2v) is 5.22. The Morgan fingerprint density at radius 1 is 0.870 bits per heavy atom. The van der Waals surface area contributed by atoms with E-state index in [-0.39, 0.29) is 4.90 Å². The summed E-state index contributed by atoms with van der Waals surface area (Å²) in [6.45, 7) is 3.52. The highest BCUT2D eigenvalue weighted by atomic mass is 32.2. The molecule has 0 atom stereocenters. The van der Waals surface area contributed by atoms with Crippen molar-refractivity contribution in [3.05, 3.63) is 29.6 Å². The summed E-state index contributed by atoms with van der Waals surface area (Å²) in [6.07, 6.45) is 0. The van der Waals surface area contributed by atoms with Gasteiger partial charge in [0.2, 0.25) is 0 Å². The standard InChI is InChI=1S/C14H21F3N2O3S/c15-11-9-12(16)14(13(17)10-11)23-19-2-4-21-6-8-22-7-5-20-3-1-18/h9-10,19H,1-8,18H2. The molecule has 3 N–H and O–H groups in total. The lowest BCUT2D eigenvalue weighted by molar-refractivity contribution is 0.0172. The molecule has 132 valence electrons. The van der Waals surface area contributed by atoms with E-state index in [0.717, 1.165) is 11.9 Å². The zero-order valence-corrected chi connectivity index (χ0v) is 13.5. The van der Waals surface area contributed by atoms with E-state index in [1.165, 1.54) is 0 Å². The Morgan fingerprint density at radius 3 is 1.96 bits per heavy atom. The van der Waals surface area contributed by atoms with E-state index >= 15 is 0 Å². The van der Waals surface area contributed by atoms with Crippen molar-refractivity contribution in [3.8, 4) is 0 Å². The zero-order chi connectivity index (χ0) is 16.9. The molecule has 0 amide bonds. The zero-order valence-electron chi connectivity index (χ0n) is 12.7. The number of ether oxygens (including phenoxy) is 3. The molecule has 0 heterocycles. The molecule has 23 heavy (non-hydrogen) atoms. The third-order valence-corrected chi connectivity index (χ3v) is 3.43. The van der Waals surface area contributed by atoms with Crippen LogP contribution in [0.25, 0.3) is 0 Å². The molecule has 0 fully saturated rings. The molecule has 0 unspecified atom stereocenters. The fourth-order valence-corrected chi connectivity index (χ4v) is 2.13. The largest absolute Gasteiger partial charge is 0.378 e. The minimum Gasteiger partial charge on any atom is -0.378 e. The maximum absolute atomic E-state index is 13.3. The van der Waals surface area contributed by atoms with Crippen LogP contribution in [0.2, 0.25) is 0 Å². The topological polar surface area (TPSA) is 65.7 Å². The van der Waals surface area contributed by atoms with E-state index in [0.29, 0.717) is 64.9 Å². The monoisotopic (exact) mass is 354 g/mol. The van der Waals surface area contributed by atoms with E-state index in [2.05, 4.69) is 4.72 Å². The second kappa shape index (κ2) is 12.6. The van der Waals surface area contributed by atoms with Crippen LogP contribution < -0.4 is 10.5 Å². The maximum Gasteiger partial charge on any atom is 0.143 e. The van der Waals surface area contributed by atoms with Crippen LogP contribution in [0.5, 0.6) is 0 Å². The Kier molecular flexibility index (Phi) is 11.0. The lowest BCUT2D eigenvalue weighted by Crippen LogP contribution is -2.16. The van der Waals surface area contributed by atoms with Gasteiger partial charge in [0.25, 0.3) is 0 Å². The Labute approximate surface area is 137 Å². The minimum atomic E-state index is -0.943. The van der Waals surface area contributed by atoms with Crippen LogP contribution in [0.15, 0.2) is 17.0 Å².